The van der Waals surface area contributed by atoms with Gasteiger partial charge < -0.3 is 89.9 Å². The molecule has 0 radical (unpaired) electrons. The smallest absolute Gasteiger partial charge is 0.220 e. The van der Waals surface area contributed by atoms with Crippen molar-refractivity contribution in [1.29, 1.82) is 0 Å². The number of carbonyl (C=O) groups is 1. The van der Waals surface area contributed by atoms with Crippen molar-refractivity contribution in [1.82, 2.24) is 5.32 Å². The number of unbranched alkanes of at least 4 members (excludes halogenated alkanes) is 5. The Labute approximate surface area is 450 Å². The number of ether oxygens (including phenoxy) is 6. The molecule has 0 spiro atoms. The van der Waals surface area contributed by atoms with Gasteiger partial charge in [0.15, 0.2) is 18.9 Å². The van der Waals surface area contributed by atoms with Gasteiger partial charge in [-0.15, -0.1) is 0 Å². The summed E-state index contributed by atoms with van der Waals surface area (Å²) in [6.07, 6.45) is 21.8. The minimum absolute atomic E-state index is 0.202. The Balaban J connectivity index is 1.40. The van der Waals surface area contributed by atoms with Gasteiger partial charge in [-0.25, -0.2) is 0 Å². The van der Waals surface area contributed by atoms with E-state index in [0.29, 0.717) is 19.3 Å². The van der Waals surface area contributed by atoms with E-state index >= 15 is 0 Å². The first kappa shape index (κ1) is 67.0. The van der Waals surface area contributed by atoms with Crippen molar-refractivity contribution in [3.63, 3.8) is 0 Å². The van der Waals surface area contributed by atoms with Gasteiger partial charge in [-0.2, -0.15) is 0 Å². The van der Waals surface area contributed by atoms with Crippen LogP contribution in [0.2, 0.25) is 0 Å². The summed E-state index contributed by atoms with van der Waals surface area (Å²) in [4.78, 5) is 13.1. The molecule has 434 valence electrons. The maximum absolute atomic E-state index is 13.1. The monoisotopic (exact) mass is 1080 g/mol. The van der Waals surface area contributed by atoms with E-state index in [1.807, 2.05) is 0 Å². The normalized spacial score (nSPS) is 31.7. The third-order valence-electron chi connectivity index (χ3n) is 13.2. The second-order valence-electron chi connectivity index (χ2n) is 19.3. The molecule has 0 bridgehead atoms. The van der Waals surface area contributed by atoms with Crippen LogP contribution >= 0.6 is 0 Å². The predicted molar refractivity (Wildman–Crippen MR) is 286 cm³/mol. The largest absolute Gasteiger partial charge is 0.394 e. The number of nitrogens with one attached hydrogen (secondary N) is 1. The third-order valence-corrected chi connectivity index (χ3v) is 13.2. The van der Waals surface area contributed by atoms with E-state index in [0.717, 1.165) is 83.5 Å². The van der Waals surface area contributed by atoms with E-state index in [-0.39, 0.29) is 18.9 Å². The zero-order valence-corrected chi connectivity index (χ0v) is 44.7. The molecular formula is C57H93NO18. The molecular weight excluding hydrogens is 987 g/mol. The molecule has 17 unspecified atom stereocenters. The summed E-state index contributed by atoms with van der Waals surface area (Å²) in [5.41, 5.74) is 0. The van der Waals surface area contributed by atoms with Crippen molar-refractivity contribution < 1.29 is 89.4 Å². The highest BCUT2D eigenvalue weighted by Crippen LogP contribution is 2.33. The van der Waals surface area contributed by atoms with Gasteiger partial charge in [-0.1, -0.05) is 137 Å². The van der Waals surface area contributed by atoms with E-state index < -0.39 is 124 Å². The lowest BCUT2D eigenvalue weighted by molar-refractivity contribution is -0.379. The van der Waals surface area contributed by atoms with Crippen molar-refractivity contribution in [2.75, 3.05) is 26.4 Å². The third kappa shape index (κ3) is 24.4. The molecule has 0 saturated carbocycles. The minimum atomic E-state index is -1.98. The Morgan fingerprint density at radius 3 is 1.37 bits per heavy atom. The number of allylic oxidation sites excluding steroid dienone is 16. The molecule has 19 nitrogen and oxygen atoms in total. The molecule has 19 heteroatoms. The molecule has 0 aromatic heterocycles. The number of hydrogen-bond donors (Lipinski definition) is 12. The number of rotatable bonds is 37. The first-order chi connectivity index (χ1) is 36.8. The molecule has 0 aromatic rings. The van der Waals surface area contributed by atoms with Crippen LogP contribution in [0.3, 0.4) is 0 Å². The standard InChI is InChI=1S/C57H93NO18/c1-3-5-7-9-10-11-12-13-14-15-16-17-18-19-20-21-22-23-24-25-26-27-28-29-30-31-33-35-45(63)58-40(41(62)34-32-8-6-4-2)39-71-55-51(69)48(66)53(43(37-60)73-55)76-57-52(70)49(67)54(44(38-61)74-57)75-56-50(68)47(65)46(64)42(36-59)72-56/h5,7,10-11,13-14,16-17,19-20,22-23,25-26,28-29,40-44,46-57,59-62,64-70H,3-4,6,8-9,12,15,18,21,24,27,30-39H2,1-2H3,(H,58,63)/b7-5-,11-10-,14-13-,17-16-,20-19-,23-22-,26-25-,29-28-. The average Bonchev–Trinajstić information content (AvgIpc) is 3.42. The number of aliphatic hydroxyl groups is 11. The second-order valence-corrected chi connectivity index (χ2v) is 19.3. The van der Waals surface area contributed by atoms with Crippen molar-refractivity contribution >= 4 is 5.91 Å². The Hall–Kier alpha value is -3.29. The fourth-order valence-electron chi connectivity index (χ4n) is 8.62. The van der Waals surface area contributed by atoms with E-state index in [2.05, 4.69) is 116 Å². The van der Waals surface area contributed by atoms with Crippen LogP contribution in [0, 0.1) is 0 Å². The van der Waals surface area contributed by atoms with Crippen LogP contribution in [0.25, 0.3) is 0 Å². The first-order valence-corrected chi connectivity index (χ1v) is 27.5. The molecule has 1 amide bonds. The van der Waals surface area contributed by atoms with Crippen LogP contribution in [0.1, 0.15) is 123 Å². The van der Waals surface area contributed by atoms with Crippen LogP contribution in [0.4, 0.5) is 0 Å². The molecule has 3 fully saturated rings. The lowest BCUT2D eigenvalue weighted by Gasteiger charge is -2.48. The Morgan fingerprint density at radius 1 is 0.487 bits per heavy atom. The summed E-state index contributed by atoms with van der Waals surface area (Å²) in [6.45, 7) is 1.44. The summed E-state index contributed by atoms with van der Waals surface area (Å²) < 4.78 is 34.0. The van der Waals surface area contributed by atoms with Gasteiger partial charge in [0.2, 0.25) is 5.91 Å². The molecule has 3 heterocycles. The Bertz CT molecular complexity index is 1770. The summed E-state index contributed by atoms with van der Waals surface area (Å²) in [6, 6.07) is -0.913. The molecule has 76 heavy (non-hydrogen) atoms. The van der Waals surface area contributed by atoms with E-state index in [1.165, 1.54) is 0 Å². The zero-order valence-electron chi connectivity index (χ0n) is 44.7. The average molecular weight is 1080 g/mol. The van der Waals surface area contributed by atoms with Crippen LogP contribution in [0.15, 0.2) is 97.2 Å². The van der Waals surface area contributed by atoms with E-state index in [4.69, 9.17) is 28.4 Å². The van der Waals surface area contributed by atoms with Crippen molar-refractivity contribution in [3.05, 3.63) is 97.2 Å². The molecule has 3 rings (SSSR count). The maximum Gasteiger partial charge on any atom is 0.220 e. The fraction of sp³-hybridized carbons (Fsp3) is 0.702. The topological polar surface area (TPSA) is 307 Å². The lowest BCUT2D eigenvalue weighted by Crippen LogP contribution is -2.66. The SMILES string of the molecule is CC/C=C\C/C=C\C/C=C\C/C=C\C/C=C\C/C=C\C/C=C\C/C=C\CCCCC(=O)NC(COC1OC(CO)C(OC2OC(CO)C(OC3OC(CO)C(O)C(O)C3O)C(O)C2O)C(O)C1O)C(O)CCCCCC. The highest BCUT2D eigenvalue weighted by molar-refractivity contribution is 5.76. The predicted octanol–water partition coefficient (Wildman–Crippen LogP) is 3.42. The number of hydrogen-bond acceptors (Lipinski definition) is 18. The van der Waals surface area contributed by atoms with Gasteiger partial charge in [-0.05, 0) is 77.0 Å². The molecule has 3 aliphatic heterocycles. The molecule has 3 aliphatic rings. The van der Waals surface area contributed by atoms with Crippen LogP contribution in [-0.2, 0) is 33.2 Å². The summed E-state index contributed by atoms with van der Waals surface area (Å²) in [5, 5.41) is 119. The molecule has 3 saturated heterocycles. The van der Waals surface area contributed by atoms with Gasteiger partial charge >= 0.3 is 0 Å². The number of aliphatic hydroxyl groups excluding tert-OH is 11. The molecule has 0 aromatic carbocycles. The van der Waals surface area contributed by atoms with Crippen LogP contribution in [0.5, 0.6) is 0 Å². The summed E-state index contributed by atoms with van der Waals surface area (Å²) in [7, 11) is 0. The Kier molecular flexibility index (Phi) is 35.2. The fourth-order valence-corrected chi connectivity index (χ4v) is 8.62. The van der Waals surface area contributed by atoms with Gasteiger partial charge in [-0.3, -0.25) is 4.79 Å². The summed E-state index contributed by atoms with van der Waals surface area (Å²) >= 11 is 0. The quantitative estimate of drug-likeness (QED) is 0.0313. The molecule has 12 N–H and O–H groups in total. The van der Waals surface area contributed by atoms with Crippen LogP contribution in [-0.4, -0.2) is 193 Å². The minimum Gasteiger partial charge on any atom is -0.394 e. The first-order valence-electron chi connectivity index (χ1n) is 27.5. The van der Waals surface area contributed by atoms with Gasteiger partial charge in [0, 0.05) is 6.42 Å². The molecule has 0 aliphatic carbocycles. The van der Waals surface area contributed by atoms with Crippen molar-refractivity contribution in [3.8, 4) is 0 Å². The van der Waals surface area contributed by atoms with Gasteiger partial charge in [0.05, 0.1) is 38.6 Å². The van der Waals surface area contributed by atoms with Crippen LogP contribution < -0.4 is 5.32 Å². The zero-order chi connectivity index (χ0) is 55.5. The van der Waals surface area contributed by atoms with E-state index in [1.54, 1.807) is 0 Å². The lowest BCUT2D eigenvalue weighted by atomic mass is 9.96. The van der Waals surface area contributed by atoms with E-state index in [9.17, 15) is 61.0 Å². The maximum atomic E-state index is 13.1. The highest BCUT2D eigenvalue weighted by Gasteiger charge is 2.53. The Morgan fingerprint density at radius 2 is 0.908 bits per heavy atom. The number of amides is 1. The van der Waals surface area contributed by atoms with Crippen molar-refractivity contribution in [2.24, 2.45) is 0 Å². The highest BCUT2D eigenvalue weighted by atomic mass is 16.8. The van der Waals surface area contributed by atoms with Gasteiger partial charge in [0.25, 0.3) is 0 Å². The number of carbonyl (C=O) groups excluding carboxylic acids is 1. The summed E-state index contributed by atoms with van der Waals surface area (Å²) in [5.74, 6) is -0.301. The van der Waals surface area contributed by atoms with Crippen molar-refractivity contribution in [2.45, 2.75) is 227 Å². The van der Waals surface area contributed by atoms with Gasteiger partial charge in [0.1, 0.15) is 73.2 Å². The second kappa shape index (κ2) is 40.0. The molecule has 17 atom stereocenters.